The Morgan fingerprint density at radius 3 is 1.92 bits per heavy atom. The van der Waals surface area contributed by atoms with Gasteiger partial charge >= 0.3 is 0 Å². The van der Waals surface area contributed by atoms with Gasteiger partial charge in [-0.25, -0.2) is 0 Å². The Labute approximate surface area is 143 Å². The number of hydrogen-bond donors (Lipinski definition) is 0. The first-order chi connectivity index (χ1) is 12.1. The zero-order chi connectivity index (χ0) is 18.1. The van der Waals surface area contributed by atoms with Crippen molar-refractivity contribution >= 4 is 21.9 Å². The molecule has 0 unspecified atom stereocenters. The van der Waals surface area contributed by atoms with Crippen LogP contribution in [0.25, 0.3) is 21.9 Å². The molecule has 0 radical (unpaired) electrons. The summed E-state index contributed by atoms with van der Waals surface area (Å²) in [4.78, 5) is 13.1. The molecule has 7 nitrogen and oxygen atoms in total. The van der Waals surface area contributed by atoms with Gasteiger partial charge in [-0.1, -0.05) is 0 Å². The highest BCUT2D eigenvalue weighted by atomic mass is 16.5. The molecule has 0 N–H and O–H groups in total. The van der Waals surface area contributed by atoms with E-state index in [4.69, 9.17) is 28.1 Å². The number of hydrogen-bond acceptors (Lipinski definition) is 7. The van der Waals surface area contributed by atoms with Gasteiger partial charge in [-0.05, 0) is 18.2 Å². The summed E-state index contributed by atoms with van der Waals surface area (Å²) in [5, 5.41) is 0.567. The molecule has 0 aliphatic heterocycles. The molecule has 25 heavy (non-hydrogen) atoms. The van der Waals surface area contributed by atoms with Crippen LogP contribution in [0.5, 0.6) is 28.7 Å². The number of methoxy groups -OCH3 is 5. The van der Waals surface area contributed by atoms with E-state index in [0.29, 0.717) is 16.7 Å². The molecule has 0 bridgehead atoms. The van der Waals surface area contributed by atoms with Crippen LogP contribution in [0.3, 0.4) is 0 Å². The molecule has 0 fully saturated rings. The van der Waals surface area contributed by atoms with Gasteiger partial charge in [-0.15, -0.1) is 0 Å². The topological polar surface area (TPSA) is 76.4 Å². The Kier molecular flexibility index (Phi) is 4.31. The monoisotopic (exact) mass is 346 g/mol. The van der Waals surface area contributed by atoms with Gasteiger partial charge < -0.3 is 28.1 Å². The summed E-state index contributed by atoms with van der Waals surface area (Å²) in [6.07, 6.45) is 0. The molecule has 0 saturated heterocycles. The van der Waals surface area contributed by atoms with Crippen molar-refractivity contribution in [3.8, 4) is 28.7 Å². The van der Waals surface area contributed by atoms with Crippen molar-refractivity contribution < 1.29 is 28.1 Å². The first-order valence-corrected chi connectivity index (χ1v) is 7.41. The van der Waals surface area contributed by atoms with Gasteiger partial charge in [0.1, 0.15) is 16.7 Å². The minimum Gasteiger partial charge on any atom is -0.497 e. The van der Waals surface area contributed by atoms with Crippen molar-refractivity contribution in [1.82, 2.24) is 0 Å². The van der Waals surface area contributed by atoms with Gasteiger partial charge in [0.15, 0.2) is 11.3 Å². The smallest absolute Gasteiger partial charge is 0.211 e. The molecule has 0 aliphatic rings. The maximum atomic E-state index is 13.1. The van der Waals surface area contributed by atoms with Crippen molar-refractivity contribution in [2.45, 2.75) is 0 Å². The van der Waals surface area contributed by atoms with E-state index in [1.165, 1.54) is 35.5 Å². The van der Waals surface area contributed by atoms with Crippen molar-refractivity contribution in [2.75, 3.05) is 35.5 Å². The first kappa shape index (κ1) is 16.8. The quantitative estimate of drug-likeness (QED) is 0.657. The molecule has 0 saturated carbocycles. The van der Waals surface area contributed by atoms with E-state index in [9.17, 15) is 4.79 Å². The van der Waals surface area contributed by atoms with Crippen LogP contribution in [0.4, 0.5) is 0 Å². The van der Waals surface area contributed by atoms with E-state index in [0.717, 1.165) is 0 Å². The number of fused-ring (bicyclic) bond motifs is 2. The summed E-state index contributed by atoms with van der Waals surface area (Å²) < 4.78 is 32.7. The lowest BCUT2D eigenvalue weighted by Gasteiger charge is -2.17. The maximum Gasteiger partial charge on any atom is 0.211 e. The highest BCUT2D eigenvalue weighted by Crippen LogP contribution is 2.50. The van der Waals surface area contributed by atoms with Crippen LogP contribution in [0, 0.1) is 0 Å². The van der Waals surface area contributed by atoms with Crippen LogP contribution >= 0.6 is 0 Å². The number of rotatable bonds is 5. The third-order valence-electron chi connectivity index (χ3n) is 3.97. The molecule has 2 aromatic carbocycles. The van der Waals surface area contributed by atoms with Crippen molar-refractivity contribution in [3.63, 3.8) is 0 Å². The van der Waals surface area contributed by atoms with Gasteiger partial charge in [-0.2, -0.15) is 0 Å². The second kappa shape index (κ2) is 6.43. The molecule has 1 heterocycles. The van der Waals surface area contributed by atoms with Gasteiger partial charge in [0.05, 0.1) is 40.9 Å². The highest BCUT2D eigenvalue weighted by Gasteiger charge is 2.27. The molecule has 0 atom stereocenters. The van der Waals surface area contributed by atoms with Crippen LogP contribution in [0.2, 0.25) is 0 Å². The summed E-state index contributed by atoms with van der Waals surface area (Å²) in [6, 6.07) is 4.99. The van der Waals surface area contributed by atoms with E-state index in [1.54, 1.807) is 18.2 Å². The second-order valence-corrected chi connectivity index (χ2v) is 5.13. The summed E-state index contributed by atoms with van der Waals surface area (Å²) in [6.45, 7) is 0. The van der Waals surface area contributed by atoms with Crippen molar-refractivity contribution in [2.24, 2.45) is 0 Å². The molecule has 0 amide bonds. The number of benzene rings is 2. The lowest BCUT2D eigenvalue weighted by Crippen LogP contribution is -2.08. The van der Waals surface area contributed by atoms with Crippen molar-refractivity contribution in [1.29, 1.82) is 0 Å². The Balaban J connectivity index is 2.60. The van der Waals surface area contributed by atoms with Crippen LogP contribution in [-0.4, -0.2) is 35.5 Å². The van der Waals surface area contributed by atoms with Crippen LogP contribution < -0.4 is 29.1 Å². The number of ether oxygens (including phenoxy) is 5. The van der Waals surface area contributed by atoms with E-state index in [-0.39, 0.29) is 39.4 Å². The van der Waals surface area contributed by atoms with Gasteiger partial charge in [0, 0.05) is 0 Å². The summed E-state index contributed by atoms with van der Waals surface area (Å²) in [7, 11) is 7.36. The third kappa shape index (κ3) is 2.39. The summed E-state index contributed by atoms with van der Waals surface area (Å²) >= 11 is 0. The van der Waals surface area contributed by atoms with Crippen LogP contribution in [-0.2, 0) is 0 Å². The van der Waals surface area contributed by atoms with Crippen molar-refractivity contribution in [3.05, 3.63) is 28.4 Å². The molecular weight excluding hydrogens is 328 g/mol. The predicted molar refractivity (Wildman–Crippen MR) is 92.8 cm³/mol. The first-order valence-electron chi connectivity index (χ1n) is 7.41. The molecule has 0 spiro atoms. The fourth-order valence-electron chi connectivity index (χ4n) is 2.84. The average Bonchev–Trinajstić information content (AvgIpc) is 2.65. The van der Waals surface area contributed by atoms with E-state index >= 15 is 0 Å². The predicted octanol–water partition coefficient (Wildman–Crippen LogP) is 2.99. The largest absolute Gasteiger partial charge is 0.497 e. The van der Waals surface area contributed by atoms with Gasteiger partial charge in [-0.3, -0.25) is 4.79 Å². The zero-order valence-corrected chi connectivity index (χ0v) is 14.6. The Hall–Kier alpha value is -3.09. The maximum absolute atomic E-state index is 13.1. The molecule has 3 aromatic rings. The van der Waals surface area contributed by atoms with E-state index in [1.807, 2.05) is 0 Å². The molecule has 1 aromatic heterocycles. The summed E-state index contributed by atoms with van der Waals surface area (Å²) in [5.74, 6) is 1.55. The minimum absolute atomic E-state index is 0.206. The van der Waals surface area contributed by atoms with Crippen LogP contribution in [0.15, 0.2) is 27.4 Å². The van der Waals surface area contributed by atoms with E-state index in [2.05, 4.69) is 0 Å². The second-order valence-electron chi connectivity index (χ2n) is 5.13. The molecular formula is C18H18O7. The van der Waals surface area contributed by atoms with Gasteiger partial charge in [0.2, 0.25) is 22.7 Å². The lowest BCUT2D eigenvalue weighted by atomic mass is 10.1. The minimum atomic E-state index is -0.286. The Morgan fingerprint density at radius 1 is 0.760 bits per heavy atom. The molecule has 0 aliphatic carbocycles. The Bertz CT molecular complexity index is 1000. The fraction of sp³-hybridized carbons (Fsp3) is 0.278. The molecule has 132 valence electrons. The van der Waals surface area contributed by atoms with E-state index < -0.39 is 0 Å². The fourth-order valence-corrected chi connectivity index (χ4v) is 2.84. The van der Waals surface area contributed by atoms with Crippen LogP contribution in [0.1, 0.15) is 0 Å². The molecule has 3 rings (SSSR count). The third-order valence-corrected chi connectivity index (χ3v) is 3.97. The zero-order valence-electron chi connectivity index (χ0n) is 14.6. The standard InChI is InChI=1S/C18H18O7/c1-20-9-6-7-11-10(8-9)13(19)12-14(21-2)16(22-3)18(24-5)17(23-4)15(12)25-11/h6-8H,1-5H3. The Morgan fingerprint density at radius 2 is 1.36 bits per heavy atom. The summed E-state index contributed by atoms with van der Waals surface area (Å²) in [5.41, 5.74) is 0.330. The highest BCUT2D eigenvalue weighted by molar-refractivity contribution is 6.00. The average molecular weight is 346 g/mol. The van der Waals surface area contributed by atoms with Gasteiger partial charge in [0.25, 0.3) is 0 Å². The normalized spacial score (nSPS) is 10.8. The SMILES string of the molecule is COc1ccc2oc3c(OC)c(OC)c(OC)c(OC)c3c(=O)c2c1. The molecule has 7 heteroatoms. The lowest BCUT2D eigenvalue weighted by molar-refractivity contribution is 0.307.